The summed E-state index contributed by atoms with van der Waals surface area (Å²) in [6, 6.07) is 7.06. The van der Waals surface area contributed by atoms with Gasteiger partial charge < -0.3 is 14.8 Å². The van der Waals surface area contributed by atoms with Gasteiger partial charge in [-0.15, -0.1) is 11.3 Å². The molecule has 1 saturated carbocycles. The van der Waals surface area contributed by atoms with Crippen LogP contribution < -0.4 is 10.1 Å². The van der Waals surface area contributed by atoms with Gasteiger partial charge in [0.15, 0.2) is 6.10 Å². The molecule has 0 unspecified atom stereocenters. The first-order chi connectivity index (χ1) is 14.0. The molecule has 1 amide bonds. The third-order valence-corrected chi connectivity index (χ3v) is 5.83. The molecule has 0 radical (unpaired) electrons. The number of hydrogen-bond acceptors (Lipinski definition) is 6. The third-order valence-electron chi connectivity index (χ3n) is 5.00. The molecular formula is C22H28N2O4S. The van der Waals surface area contributed by atoms with Crippen molar-refractivity contribution in [3.05, 3.63) is 45.9 Å². The molecule has 6 nitrogen and oxygen atoms in total. The fraction of sp³-hybridized carbons (Fsp3) is 0.500. The number of benzene rings is 1. The Morgan fingerprint density at radius 3 is 2.62 bits per heavy atom. The zero-order valence-corrected chi connectivity index (χ0v) is 17.8. The minimum Gasteiger partial charge on any atom is -0.486 e. The number of thiazole rings is 1. The molecule has 3 rings (SSSR count). The summed E-state index contributed by atoms with van der Waals surface area (Å²) in [6.45, 7) is 3.80. The number of hydrogen-bond donors (Lipinski definition) is 1. The highest BCUT2D eigenvalue weighted by Crippen LogP contribution is 2.22. The lowest BCUT2D eigenvalue weighted by Gasteiger charge is -2.20. The Morgan fingerprint density at radius 2 is 1.93 bits per heavy atom. The molecule has 0 spiro atoms. The van der Waals surface area contributed by atoms with Crippen LogP contribution in [0.1, 0.15) is 66.5 Å². The highest BCUT2D eigenvalue weighted by molar-refractivity contribution is 7.09. The number of carbonyl (C=O) groups is 2. The monoisotopic (exact) mass is 416 g/mol. The van der Waals surface area contributed by atoms with Crippen LogP contribution in [0.15, 0.2) is 29.6 Å². The number of rotatable bonds is 7. The van der Waals surface area contributed by atoms with Crippen molar-refractivity contribution in [2.45, 2.75) is 71.1 Å². The second-order valence-electron chi connectivity index (χ2n) is 7.39. The lowest BCUT2D eigenvalue weighted by atomic mass is 10.1. The Morgan fingerprint density at radius 1 is 1.21 bits per heavy atom. The van der Waals surface area contributed by atoms with Gasteiger partial charge in [0.1, 0.15) is 17.9 Å². The maximum absolute atomic E-state index is 12.6. The largest absolute Gasteiger partial charge is 0.486 e. The summed E-state index contributed by atoms with van der Waals surface area (Å²) in [5, 5.41) is 5.91. The molecule has 1 fully saturated rings. The smallest absolute Gasteiger partial charge is 0.342 e. The molecule has 0 bridgehead atoms. The Hall–Kier alpha value is -2.41. The molecule has 156 valence electrons. The number of para-hydroxylation sites is 1. The molecule has 7 heteroatoms. The second-order valence-corrected chi connectivity index (χ2v) is 8.45. The van der Waals surface area contributed by atoms with E-state index < -0.39 is 12.1 Å². The number of amides is 1. The van der Waals surface area contributed by atoms with Crippen LogP contribution in [-0.2, 0) is 16.1 Å². The van der Waals surface area contributed by atoms with Gasteiger partial charge in [0.2, 0.25) is 0 Å². The summed E-state index contributed by atoms with van der Waals surface area (Å²) in [7, 11) is 0. The van der Waals surface area contributed by atoms with Crippen LogP contribution in [0.25, 0.3) is 0 Å². The number of esters is 1. The van der Waals surface area contributed by atoms with Crippen molar-refractivity contribution in [1.82, 2.24) is 10.3 Å². The number of nitrogens with one attached hydrogen (secondary N) is 1. The fourth-order valence-electron chi connectivity index (χ4n) is 3.41. The maximum atomic E-state index is 12.6. The van der Waals surface area contributed by atoms with E-state index >= 15 is 0 Å². The van der Waals surface area contributed by atoms with E-state index in [0.29, 0.717) is 11.3 Å². The highest BCUT2D eigenvalue weighted by atomic mass is 32.1. The van der Waals surface area contributed by atoms with E-state index in [1.165, 1.54) is 12.8 Å². The van der Waals surface area contributed by atoms with Crippen LogP contribution >= 0.6 is 11.3 Å². The van der Waals surface area contributed by atoms with E-state index in [1.54, 1.807) is 42.5 Å². The molecule has 1 heterocycles. The predicted molar refractivity (Wildman–Crippen MR) is 112 cm³/mol. The van der Waals surface area contributed by atoms with Crippen LogP contribution in [0.3, 0.4) is 0 Å². The average Bonchev–Trinajstić information content (AvgIpc) is 2.96. The van der Waals surface area contributed by atoms with Crippen LogP contribution in [0.2, 0.25) is 0 Å². The second kappa shape index (κ2) is 10.4. The third kappa shape index (κ3) is 6.29. The van der Waals surface area contributed by atoms with Crippen LogP contribution in [0.4, 0.5) is 0 Å². The number of carbonyl (C=O) groups excluding carboxylic acids is 2. The van der Waals surface area contributed by atoms with Crippen molar-refractivity contribution in [2.24, 2.45) is 0 Å². The highest BCUT2D eigenvalue weighted by Gasteiger charge is 2.24. The quantitative estimate of drug-likeness (QED) is 0.534. The summed E-state index contributed by atoms with van der Waals surface area (Å²) in [5.74, 6) is -0.403. The first-order valence-corrected chi connectivity index (χ1v) is 11.0. The molecule has 1 aliphatic carbocycles. The molecule has 1 atom stereocenters. The van der Waals surface area contributed by atoms with Gasteiger partial charge >= 0.3 is 5.97 Å². The van der Waals surface area contributed by atoms with E-state index in [9.17, 15) is 9.59 Å². The lowest BCUT2D eigenvalue weighted by molar-refractivity contribution is -0.129. The zero-order chi connectivity index (χ0) is 20.6. The minimum atomic E-state index is -0.861. The summed E-state index contributed by atoms with van der Waals surface area (Å²) < 4.78 is 11.2. The van der Waals surface area contributed by atoms with E-state index in [2.05, 4.69) is 10.3 Å². The minimum absolute atomic E-state index is 0.170. The molecule has 1 aliphatic rings. The van der Waals surface area contributed by atoms with Gasteiger partial charge in [-0.2, -0.15) is 0 Å². The zero-order valence-electron chi connectivity index (χ0n) is 17.0. The van der Waals surface area contributed by atoms with Crippen molar-refractivity contribution in [3.63, 3.8) is 0 Å². The standard InChI is InChI=1S/C22H28N2O4S/c1-15(21(25)24-17-9-5-3-4-6-10-17)28-22(26)19-11-7-8-12-20(19)27-13-18-14-29-16(2)23-18/h7-8,11-12,14-15,17H,3-6,9-10,13H2,1-2H3,(H,24,25)/t15-/m0/s1. The summed E-state index contributed by atoms with van der Waals surface area (Å²) >= 11 is 1.55. The first-order valence-electron chi connectivity index (χ1n) is 10.2. The molecule has 1 aromatic heterocycles. The van der Waals surface area contributed by atoms with Crippen molar-refractivity contribution < 1.29 is 19.1 Å². The van der Waals surface area contributed by atoms with Gasteiger partial charge in [-0.25, -0.2) is 9.78 Å². The summed E-state index contributed by atoms with van der Waals surface area (Å²) in [5.41, 5.74) is 1.11. The Balaban J connectivity index is 1.57. The van der Waals surface area contributed by atoms with E-state index in [0.717, 1.165) is 36.4 Å². The molecule has 0 saturated heterocycles. The topological polar surface area (TPSA) is 77.5 Å². The number of aromatic nitrogens is 1. The van der Waals surface area contributed by atoms with E-state index in [1.807, 2.05) is 12.3 Å². The predicted octanol–water partition coefficient (Wildman–Crippen LogP) is 4.41. The van der Waals surface area contributed by atoms with Gasteiger partial charge in [0, 0.05) is 11.4 Å². The molecule has 1 aromatic carbocycles. The van der Waals surface area contributed by atoms with Crippen molar-refractivity contribution in [1.29, 1.82) is 0 Å². The number of ether oxygens (including phenoxy) is 2. The van der Waals surface area contributed by atoms with Crippen molar-refractivity contribution in [2.75, 3.05) is 0 Å². The Labute approximate surface area is 175 Å². The number of nitrogens with zero attached hydrogens (tertiary/aromatic N) is 1. The van der Waals surface area contributed by atoms with Gasteiger partial charge in [-0.05, 0) is 38.8 Å². The van der Waals surface area contributed by atoms with Crippen LogP contribution in [0, 0.1) is 6.92 Å². The normalized spacial score (nSPS) is 15.9. The van der Waals surface area contributed by atoms with Crippen LogP contribution in [-0.4, -0.2) is 29.0 Å². The molecule has 0 aliphatic heterocycles. The Bertz CT molecular complexity index is 828. The van der Waals surface area contributed by atoms with Gasteiger partial charge in [0.05, 0.1) is 10.7 Å². The number of aryl methyl sites for hydroxylation is 1. The molecular weight excluding hydrogens is 388 g/mol. The SMILES string of the molecule is Cc1nc(COc2ccccc2C(=O)O[C@@H](C)C(=O)NC2CCCCCC2)cs1. The first kappa shape index (κ1) is 21.3. The van der Waals surface area contributed by atoms with Gasteiger partial charge in [-0.1, -0.05) is 37.8 Å². The van der Waals surface area contributed by atoms with Gasteiger partial charge in [0.25, 0.3) is 5.91 Å². The van der Waals surface area contributed by atoms with E-state index in [4.69, 9.17) is 9.47 Å². The van der Waals surface area contributed by atoms with Crippen LogP contribution in [0.5, 0.6) is 5.75 Å². The maximum Gasteiger partial charge on any atom is 0.342 e. The summed E-state index contributed by atoms with van der Waals surface area (Å²) in [4.78, 5) is 29.5. The van der Waals surface area contributed by atoms with Crippen molar-refractivity contribution in [3.8, 4) is 5.75 Å². The Kier molecular flexibility index (Phi) is 7.63. The summed E-state index contributed by atoms with van der Waals surface area (Å²) in [6.07, 6.45) is 5.80. The fourth-order valence-corrected chi connectivity index (χ4v) is 4.00. The van der Waals surface area contributed by atoms with Crippen molar-refractivity contribution >= 4 is 23.2 Å². The molecule has 29 heavy (non-hydrogen) atoms. The lowest BCUT2D eigenvalue weighted by Crippen LogP contribution is -2.41. The molecule has 2 aromatic rings. The average molecular weight is 417 g/mol. The van der Waals surface area contributed by atoms with Gasteiger partial charge in [-0.3, -0.25) is 4.79 Å². The molecule has 1 N–H and O–H groups in total. The van der Waals surface area contributed by atoms with E-state index in [-0.39, 0.29) is 18.6 Å².